The molecule has 0 atom stereocenters. The van der Waals surface area contributed by atoms with E-state index < -0.39 is 0 Å². The monoisotopic (exact) mass is 427 g/mol. The molecule has 0 bridgehead atoms. The van der Waals surface area contributed by atoms with Crippen LogP contribution in [0.1, 0.15) is 10.4 Å². The van der Waals surface area contributed by atoms with Gasteiger partial charge in [-0.3, -0.25) is 4.79 Å². The summed E-state index contributed by atoms with van der Waals surface area (Å²) in [5.41, 5.74) is 2.81. The van der Waals surface area contributed by atoms with Crippen LogP contribution in [0.2, 0.25) is 15.2 Å². The quantitative estimate of drug-likeness (QED) is 0.378. The summed E-state index contributed by atoms with van der Waals surface area (Å²) in [4.78, 5) is 21.7. The second-order valence-electron chi connectivity index (χ2n) is 5.99. The average molecular weight is 429 g/mol. The van der Waals surface area contributed by atoms with Gasteiger partial charge in [0, 0.05) is 22.2 Å². The number of amides is 1. The molecule has 4 aromatic rings. The van der Waals surface area contributed by atoms with Gasteiger partial charge in [0.2, 0.25) is 0 Å². The molecule has 7 heteroatoms. The predicted octanol–water partition coefficient (Wildman–Crippen LogP) is 6.51. The molecule has 2 aromatic heterocycles. The Morgan fingerprint density at radius 1 is 0.929 bits per heavy atom. The molecule has 2 aromatic carbocycles. The van der Waals surface area contributed by atoms with Crippen LogP contribution in [0.15, 0.2) is 66.9 Å². The SMILES string of the molecule is O=C(Nc1cccnc1Cl)c1cc(-c2ccc(Cl)cc2Cl)nc2ccccc12. The number of hydrogen-bond donors (Lipinski definition) is 1. The molecule has 0 fully saturated rings. The maximum absolute atomic E-state index is 13.0. The number of aromatic nitrogens is 2. The Labute approximate surface area is 176 Å². The maximum atomic E-state index is 13.0. The molecule has 0 aliphatic rings. The summed E-state index contributed by atoms with van der Waals surface area (Å²) in [5.74, 6) is -0.320. The lowest BCUT2D eigenvalue weighted by Crippen LogP contribution is -2.13. The predicted molar refractivity (Wildman–Crippen MR) is 114 cm³/mol. The molecule has 0 saturated heterocycles. The summed E-state index contributed by atoms with van der Waals surface area (Å²) in [6.45, 7) is 0. The van der Waals surface area contributed by atoms with Crippen LogP contribution in [0, 0.1) is 0 Å². The van der Waals surface area contributed by atoms with E-state index in [-0.39, 0.29) is 11.1 Å². The third-order valence-corrected chi connectivity index (χ3v) is 5.02. The van der Waals surface area contributed by atoms with E-state index >= 15 is 0 Å². The second kappa shape index (κ2) is 7.76. The van der Waals surface area contributed by atoms with Crippen molar-refractivity contribution in [3.63, 3.8) is 0 Å². The number of fused-ring (bicyclic) bond motifs is 1. The highest BCUT2D eigenvalue weighted by molar-refractivity contribution is 6.36. The fourth-order valence-electron chi connectivity index (χ4n) is 2.87. The molecule has 138 valence electrons. The van der Waals surface area contributed by atoms with Gasteiger partial charge in [0.05, 0.1) is 27.5 Å². The van der Waals surface area contributed by atoms with Crippen LogP contribution in [0.3, 0.4) is 0 Å². The van der Waals surface area contributed by atoms with Crippen molar-refractivity contribution in [3.05, 3.63) is 87.6 Å². The van der Waals surface area contributed by atoms with Crippen molar-refractivity contribution in [2.75, 3.05) is 5.32 Å². The Morgan fingerprint density at radius 2 is 1.75 bits per heavy atom. The lowest BCUT2D eigenvalue weighted by Gasteiger charge is -2.12. The number of carbonyl (C=O) groups excluding carboxylic acids is 1. The van der Waals surface area contributed by atoms with Crippen molar-refractivity contribution in [1.29, 1.82) is 0 Å². The van der Waals surface area contributed by atoms with E-state index in [1.54, 1.807) is 42.6 Å². The number of hydrogen-bond acceptors (Lipinski definition) is 3. The smallest absolute Gasteiger partial charge is 0.256 e. The molecule has 4 rings (SSSR count). The number of nitrogens with one attached hydrogen (secondary N) is 1. The van der Waals surface area contributed by atoms with Crippen LogP contribution in [0.5, 0.6) is 0 Å². The zero-order chi connectivity index (χ0) is 19.7. The summed E-state index contributed by atoms with van der Waals surface area (Å²) >= 11 is 18.4. The zero-order valence-corrected chi connectivity index (χ0v) is 16.6. The fourth-order valence-corrected chi connectivity index (χ4v) is 3.54. The minimum Gasteiger partial charge on any atom is -0.319 e. The third-order valence-electron chi connectivity index (χ3n) is 4.18. The normalized spacial score (nSPS) is 10.8. The highest BCUT2D eigenvalue weighted by Crippen LogP contribution is 2.32. The van der Waals surface area contributed by atoms with E-state index in [0.717, 1.165) is 0 Å². The zero-order valence-electron chi connectivity index (χ0n) is 14.3. The Kier molecular flexibility index (Phi) is 5.18. The van der Waals surface area contributed by atoms with Crippen molar-refractivity contribution >= 4 is 57.3 Å². The third kappa shape index (κ3) is 3.67. The molecule has 28 heavy (non-hydrogen) atoms. The molecule has 0 aliphatic heterocycles. The average Bonchev–Trinajstić information content (AvgIpc) is 2.69. The van der Waals surface area contributed by atoms with Crippen LogP contribution >= 0.6 is 34.8 Å². The summed E-state index contributed by atoms with van der Waals surface area (Å²) in [5, 5.41) is 4.72. The van der Waals surface area contributed by atoms with Crippen molar-refractivity contribution in [2.45, 2.75) is 0 Å². The highest BCUT2D eigenvalue weighted by atomic mass is 35.5. The molecule has 2 heterocycles. The van der Waals surface area contributed by atoms with E-state index in [1.165, 1.54) is 0 Å². The maximum Gasteiger partial charge on any atom is 0.256 e. The minimum atomic E-state index is -0.320. The fraction of sp³-hybridized carbons (Fsp3) is 0. The van der Waals surface area contributed by atoms with E-state index in [2.05, 4.69) is 15.3 Å². The van der Waals surface area contributed by atoms with Crippen LogP contribution in [0.4, 0.5) is 5.69 Å². The van der Waals surface area contributed by atoms with Crippen LogP contribution in [-0.2, 0) is 0 Å². The molecule has 1 N–H and O–H groups in total. The van der Waals surface area contributed by atoms with Crippen LogP contribution in [0.25, 0.3) is 22.2 Å². The van der Waals surface area contributed by atoms with Crippen molar-refractivity contribution in [3.8, 4) is 11.3 Å². The number of nitrogens with zero attached hydrogens (tertiary/aromatic N) is 2. The first-order valence-corrected chi connectivity index (χ1v) is 9.43. The van der Waals surface area contributed by atoms with Gasteiger partial charge in [-0.05, 0) is 42.5 Å². The first kappa shape index (κ1) is 18.7. The van der Waals surface area contributed by atoms with Crippen LogP contribution in [-0.4, -0.2) is 15.9 Å². The Hall–Kier alpha value is -2.66. The van der Waals surface area contributed by atoms with E-state index in [1.807, 2.05) is 24.3 Å². The summed E-state index contributed by atoms with van der Waals surface area (Å²) in [7, 11) is 0. The molecule has 4 nitrogen and oxygen atoms in total. The number of para-hydroxylation sites is 1. The Bertz CT molecular complexity index is 1210. The summed E-state index contributed by atoms with van der Waals surface area (Å²) < 4.78 is 0. The molecule has 0 aliphatic carbocycles. The number of anilines is 1. The van der Waals surface area contributed by atoms with Gasteiger partial charge in [0.25, 0.3) is 5.91 Å². The first-order chi connectivity index (χ1) is 13.5. The van der Waals surface area contributed by atoms with Crippen molar-refractivity contribution in [1.82, 2.24) is 9.97 Å². The van der Waals surface area contributed by atoms with Gasteiger partial charge in [0.1, 0.15) is 0 Å². The van der Waals surface area contributed by atoms with Gasteiger partial charge in [-0.1, -0.05) is 53.0 Å². The van der Waals surface area contributed by atoms with Gasteiger partial charge in [-0.2, -0.15) is 0 Å². The topological polar surface area (TPSA) is 54.9 Å². The number of benzene rings is 2. The molecular weight excluding hydrogens is 417 g/mol. The summed E-state index contributed by atoms with van der Waals surface area (Å²) in [6, 6.07) is 17.7. The molecule has 0 radical (unpaired) electrons. The van der Waals surface area contributed by atoms with E-state index in [4.69, 9.17) is 34.8 Å². The van der Waals surface area contributed by atoms with Crippen LogP contribution < -0.4 is 5.32 Å². The first-order valence-electron chi connectivity index (χ1n) is 8.30. The lowest BCUT2D eigenvalue weighted by molar-refractivity contribution is 0.102. The lowest BCUT2D eigenvalue weighted by atomic mass is 10.0. The molecule has 0 spiro atoms. The minimum absolute atomic E-state index is 0.218. The van der Waals surface area contributed by atoms with Crippen molar-refractivity contribution < 1.29 is 4.79 Å². The molecule has 1 amide bonds. The number of rotatable bonds is 3. The molecule has 0 unspecified atom stereocenters. The number of carbonyl (C=O) groups is 1. The summed E-state index contributed by atoms with van der Waals surface area (Å²) in [6.07, 6.45) is 1.56. The Balaban J connectivity index is 1.85. The van der Waals surface area contributed by atoms with Gasteiger partial charge >= 0.3 is 0 Å². The van der Waals surface area contributed by atoms with Crippen molar-refractivity contribution in [2.24, 2.45) is 0 Å². The standard InChI is InChI=1S/C21H12Cl3N3O/c22-12-7-8-14(16(23)10-12)19-11-15(13-4-1-2-5-17(13)26-19)21(28)27-18-6-3-9-25-20(18)24/h1-11H,(H,27,28). The van der Waals surface area contributed by atoms with E-state index in [9.17, 15) is 4.79 Å². The van der Waals surface area contributed by atoms with Gasteiger partial charge in [-0.15, -0.1) is 0 Å². The number of halogens is 3. The van der Waals surface area contributed by atoms with E-state index in [0.29, 0.717) is 43.5 Å². The highest BCUT2D eigenvalue weighted by Gasteiger charge is 2.16. The van der Waals surface area contributed by atoms with Gasteiger partial charge < -0.3 is 5.32 Å². The molecule has 0 saturated carbocycles. The molecular formula is C21H12Cl3N3O. The number of pyridine rings is 2. The largest absolute Gasteiger partial charge is 0.319 e. The Morgan fingerprint density at radius 3 is 2.54 bits per heavy atom. The second-order valence-corrected chi connectivity index (χ2v) is 7.19. The van der Waals surface area contributed by atoms with Gasteiger partial charge in [-0.25, -0.2) is 9.97 Å². The van der Waals surface area contributed by atoms with Gasteiger partial charge in [0.15, 0.2) is 5.15 Å².